The van der Waals surface area contributed by atoms with E-state index in [1.54, 1.807) is 12.1 Å². The summed E-state index contributed by atoms with van der Waals surface area (Å²) in [5.74, 6) is -1.10. The number of carbonyl (C=O) groups is 3. The van der Waals surface area contributed by atoms with Crippen molar-refractivity contribution < 1.29 is 37.4 Å². The summed E-state index contributed by atoms with van der Waals surface area (Å²) in [6.07, 6.45) is -6.92. The normalized spacial score (nSPS) is 11.0. The van der Waals surface area contributed by atoms with E-state index >= 15 is 0 Å². The van der Waals surface area contributed by atoms with Gasteiger partial charge in [-0.05, 0) is 42.3 Å². The predicted octanol–water partition coefficient (Wildman–Crippen LogP) is 5.89. The largest absolute Gasteiger partial charge is 0.489 e. The van der Waals surface area contributed by atoms with Gasteiger partial charge in [0.1, 0.15) is 12.4 Å². The van der Waals surface area contributed by atoms with Gasteiger partial charge in [-0.25, -0.2) is 4.79 Å². The fraction of sp³-hybridized carbons (Fsp3) is 0.160. The van der Waals surface area contributed by atoms with E-state index in [-0.39, 0.29) is 23.4 Å². The van der Waals surface area contributed by atoms with Crippen molar-refractivity contribution in [1.82, 2.24) is 0 Å². The topological polar surface area (TPSA) is 105 Å². The van der Waals surface area contributed by atoms with Crippen LogP contribution in [0.1, 0.15) is 33.5 Å². The molecular weight excluding hydrogens is 465 g/mol. The molecule has 3 rings (SSSR count). The maximum absolute atomic E-state index is 13.3. The van der Waals surface area contributed by atoms with Crippen LogP contribution in [0.2, 0.25) is 0 Å². The highest BCUT2D eigenvalue weighted by Gasteiger charge is 2.33. The Balaban J connectivity index is 1.72. The molecule has 0 spiro atoms. The van der Waals surface area contributed by atoms with Crippen LogP contribution in [0.3, 0.4) is 0 Å². The minimum atomic E-state index is -4.72. The lowest BCUT2D eigenvalue weighted by molar-refractivity contribution is -0.138. The van der Waals surface area contributed by atoms with Crippen LogP contribution in [-0.2, 0) is 17.6 Å². The van der Waals surface area contributed by atoms with Gasteiger partial charge in [0.15, 0.2) is 5.78 Å². The second kappa shape index (κ2) is 10.7. The molecule has 0 fully saturated rings. The van der Waals surface area contributed by atoms with Crippen molar-refractivity contribution in [3.05, 3.63) is 89.0 Å². The monoisotopic (exact) mass is 486 g/mol. The summed E-state index contributed by atoms with van der Waals surface area (Å²) >= 11 is 0. The highest BCUT2D eigenvalue weighted by atomic mass is 19.4. The second-order valence-corrected chi connectivity index (χ2v) is 7.59. The molecule has 182 valence electrons. The smallest absolute Gasteiger partial charge is 0.416 e. The molecule has 0 aliphatic heterocycles. The molecular formula is C25H21F3N2O5. The van der Waals surface area contributed by atoms with Crippen LogP contribution in [0.5, 0.6) is 5.75 Å². The van der Waals surface area contributed by atoms with Crippen molar-refractivity contribution >= 4 is 29.2 Å². The van der Waals surface area contributed by atoms with Crippen LogP contribution >= 0.6 is 0 Å². The molecule has 3 N–H and O–H groups in total. The molecule has 3 aromatic carbocycles. The second-order valence-electron chi connectivity index (χ2n) is 7.59. The Morgan fingerprint density at radius 3 is 2.26 bits per heavy atom. The third kappa shape index (κ3) is 7.07. The number of ketones is 1. The van der Waals surface area contributed by atoms with E-state index in [0.717, 1.165) is 18.6 Å². The van der Waals surface area contributed by atoms with Crippen LogP contribution in [0, 0.1) is 6.92 Å². The van der Waals surface area contributed by atoms with Crippen LogP contribution in [0.25, 0.3) is 0 Å². The van der Waals surface area contributed by atoms with Gasteiger partial charge in [-0.15, -0.1) is 0 Å². The van der Waals surface area contributed by atoms with E-state index < -0.39 is 41.6 Å². The molecule has 0 atom stereocenters. The first kappa shape index (κ1) is 25.3. The highest BCUT2D eigenvalue weighted by molar-refractivity contribution is 6.12. The number of aryl methyl sites for hydroxylation is 1. The number of benzene rings is 3. The summed E-state index contributed by atoms with van der Waals surface area (Å²) < 4.78 is 45.5. The third-order valence-corrected chi connectivity index (χ3v) is 4.91. The van der Waals surface area contributed by atoms with Crippen molar-refractivity contribution in [3.63, 3.8) is 0 Å². The molecule has 35 heavy (non-hydrogen) atoms. The van der Waals surface area contributed by atoms with E-state index in [2.05, 4.69) is 5.32 Å². The SMILES string of the molecule is Cc1cc(NC(=O)O)c(NC(=O)CC(=O)c2cccc(OCc3ccccc3)c2)cc1C(F)(F)F. The van der Waals surface area contributed by atoms with Gasteiger partial charge in [0.25, 0.3) is 0 Å². The fourth-order valence-corrected chi connectivity index (χ4v) is 3.28. The number of rotatable bonds is 8. The van der Waals surface area contributed by atoms with Gasteiger partial charge in [0.2, 0.25) is 5.91 Å². The van der Waals surface area contributed by atoms with Gasteiger partial charge < -0.3 is 15.2 Å². The van der Waals surface area contributed by atoms with Crippen molar-refractivity contribution in [2.45, 2.75) is 26.1 Å². The van der Waals surface area contributed by atoms with E-state index in [4.69, 9.17) is 9.84 Å². The fourth-order valence-electron chi connectivity index (χ4n) is 3.28. The summed E-state index contributed by atoms with van der Waals surface area (Å²) in [5, 5.41) is 13.1. The Morgan fingerprint density at radius 2 is 1.60 bits per heavy atom. The average Bonchev–Trinajstić information content (AvgIpc) is 2.79. The Labute approximate surface area is 198 Å². The van der Waals surface area contributed by atoms with Gasteiger partial charge in [-0.1, -0.05) is 42.5 Å². The van der Waals surface area contributed by atoms with Gasteiger partial charge in [0, 0.05) is 5.56 Å². The molecule has 0 aliphatic rings. The van der Waals surface area contributed by atoms with Gasteiger partial charge in [-0.3, -0.25) is 14.9 Å². The summed E-state index contributed by atoms with van der Waals surface area (Å²) in [4.78, 5) is 36.1. The highest BCUT2D eigenvalue weighted by Crippen LogP contribution is 2.37. The number of amides is 2. The number of halogens is 3. The first-order valence-electron chi connectivity index (χ1n) is 10.3. The zero-order valence-corrected chi connectivity index (χ0v) is 18.5. The molecule has 10 heteroatoms. The summed E-state index contributed by atoms with van der Waals surface area (Å²) in [5.41, 5.74) is -0.843. The number of anilines is 2. The molecule has 0 saturated heterocycles. The zero-order valence-electron chi connectivity index (χ0n) is 18.5. The average molecular weight is 486 g/mol. The van der Waals surface area contributed by atoms with Gasteiger partial charge in [-0.2, -0.15) is 13.2 Å². The maximum Gasteiger partial charge on any atom is 0.416 e. The number of nitrogens with one attached hydrogen (secondary N) is 2. The Bertz CT molecular complexity index is 1240. The number of carbonyl (C=O) groups excluding carboxylic acids is 2. The van der Waals surface area contributed by atoms with Crippen LogP contribution < -0.4 is 15.4 Å². The lowest BCUT2D eigenvalue weighted by Gasteiger charge is -2.17. The van der Waals surface area contributed by atoms with Crippen molar-refractivity contribution in [2.75, 3.05) is 10.6 Å². The first-order chi connectivity index (χ1) is 16.5. The summed E-state index contributed by atoms with van der Waals surface area (Å²) in [6, 6.07) is 17.1. The number of hydrogen-bond donors (Lipinski definition) is 3. The third-order valence-electron chi connectivity index (χ3n) is 4.91. The molecule has 0 bridgehead atoms. The van der Waals surface area contributed by atoms with Gasteiger partial charge >= 0.3 is 12.3 Å². The number of alkyl halides is 3. The molecule has 0 radical (unpaired) electrons. The van der Waals surface area contributed by atoms with Gasteiger partial charge in [0.05, 0.1) is 23.4 Å². The number of carboxylic acid groups (broad SMARTS) is 1. The van der Waals surface area contributed by atoms with Crippen molar-refractivity contribution in [3.8, 4) is 5.75 Å². The van der Waals surface area contributed by atoms with Crippen molar-refractivity contribution in [1.29, 1.82) is 0 Å². The molecule has 0 unspecified atom stereocenters. The Kier molecular flexibility index (Phi) is 7.75. The summed E-state index contributed by atoms with van der Waals surface area (Å²) in [7, 11) is 0. The quantitative estimate of drug-likeness (QED) is 0.272. The minimum absolute atomic E-state index is 0.175. The standard InChI is InChI=1S/C25H21F3N2O5/c1-15-10-20(30-24(33)34)21(12-19(15)25(26,27)28)29-23(32)13-22(31)17-8-5-9-18(11-17)35-14-16-6-3-2-4-7-16/h2-12,30H,13-14H2,1H3,(H,29,32)(H,33,34). The van der Waals surface area contributed by atoms with Crippen LogP contribution in [-0.4, -0.2) is 22.9 Å². The summed E-state index contributed by atoms with van der Waals surface area (Å²) in [6.45, 7) is 1.44. The molecule has 7 nitrogen and oxygen atoms in total. The lowest BCUT2D eigenvalue weighted by atomic mass is 10.0. The number of hydrogen-bond acceptors (Lipinski definition) is 4. The molecule has 0 aliphatic carbocycles. The molecule has 0 heterocycles. The van der Waals surface area contributed by atoms with Crippen LogP contribution in [0.15, 0.2) is 66.7 Å². The van der Waals surface area contributed by atoms with Crippen LogP contribution in [0.4, 0.5) is 29.3 Å². The number of ether oxygens (including phenoxy) is 1. The Hall–Kier alpha value is -4.34. The zero-order chi connectivity index (χ0) is 25.6. The van der Waals surface area contributed by atoms with E-state index in [9.17, 15) is 27.6 Å². The number of Topliss-reactive ketones (excluding diaryl/α,β-unsaturated/α-hetero) is 1. The van der Waals surface area contributed by atoms with Crippen molar-refractivity contribution in [2.24, 2.45) is 0 Å². The molecule has 0 saturated carbocycles. The molecule has 2 amide bonds. The minimum Gasteiger partial charge on any atom is -0.489 e. The van der Waals surface area contributed by atoms with E-state index in [1.165, 1.54) is 12.1 Å². The predicted molar refractivity (Wildman–Crippen MR) is 123 cm³/mol. The van der Waals surface area contributed by atoms with E-state index in [1.807, 2.05) is 35.6 Å². The first-order valence-corrected chi connectivity index (χ1v) is 10.3. The Morgan fingerprint density at radius 1 is 0.914 bits per heavy atom. The molecule has 3 aromatic rings. The lowest BCUT2D eigenvalue weighted by Crippen LogP contribution is -2.20. The molecule has 0 aromatic heterocycles. The van der Waals surface area contributed by atoms with E-state index in [0.29, 0.717) is 11.8 Å². The maximum atomic E-state index is 13.3.